The van der Waals surface area contributed by atoms with Crippen LogP contribution < -0.4 is 5.32 Å². The fourth-order valence-corrected chi connectivity index (χ4v) is 2.54. The highest BCUT2D eigenvalue weighted by molar-refractivity contribution is 9.10. The fourth-order valence-electron chi connectivity index (χ4n) is 1.80. The second-order valence-corrected chi connectivity index (χ2v) is 6.06. The molecule has 0 saturated heterocycles. The highest BCUT2D eigenvalue weighted by atomic mass is 79.9. The monoisotopic (exact) mass is 403 g/mol. The molecule has 2 aromatic heterocycles. The van der Waals surface area contributed by atoms with Crippen LogP contribution in [0.1, 0.15) is 25.6 Å². The van der Waals surface area contributed by atoms with Crippen LogP contribution in [0.3, 0.4) is 0 Å². The standard InChI is InChI=1S/C12H15Br2N5O/c1-3-18-11(10(14)5-17-18)6-15-12(20)8(2)19-7-9(13)4-16-19/h4-5,7-8H,3,6H2,1-2H3,(H,15,20). The molecule has 6 nitrogen and oxygen atoms in total. The second kappa shape index (κ2) is 6.53. The van der Waals surface area contributed by atoms with Crippen molar-refractivity contribution in [3.63, 3.8) is 0 Å². The first-order valence-electron chi connectivity index (χ1n) is 6.20. The largest absolute Gasteiger partial charge is 0.349 e. The Bertz CT molecular complexity index is 607. The van der Waals surface area contributed by atoms with Crippen LogP contribution in [0.4, 0.5) is 0 Å². The van der Waals surface area contributed by atoms with Crippen molar-refractivity contribution in [2.45, 2.75) is 33.0 Å². The molecule has 0 spiro atoms. The van der Waals surface area contributed by atoms with Gasteiger partial charge in [0, 0.05) is 12.7 Å². The minimum atomic E-state index is -0.363. The van der Waals surface area contributed by atoms with Crippen molar-refractivity contribution in [1.82, 2.24) is 24.9 Å². The van der Waals surface area contributed by atoms with E-state index in [2.05, 4.69) is 47.4 Å². The topological polar surface area (TPSA) is 64.7 Å². The highest BCUT2D eigenvalue weighted by Crippen LogP contribution is 2.16. The third kappa shape index (κ3) is 3.29. The van der Waals surface area contributed by atoms with E-state index in [4.69, 9.17) is 0 Å². The molecule has 1 unspecified atom stereocenters. The number of aryl methyl sites for hydroxylation is 1. The lowest BCUT2D eigenvalue weighted by Crippen LogP contribution is -2.31. The molecule has 1 atom stereocenters. The lowest BCUT2D eigenvalue weighted by Gasteiger charge is -2.13. The van der Waals surface area contributed by atoms with E-state index in [1.54, 1.807) is 30.2 Å². The zero-order valence-electron chi connectivity index (χ0n) is 11.2. The number of hydrogen-bond acceptors (Lipinski definition) is 3. The number of carbonyl (C=O) groups is 1. The molecule has 0 bridgehead atoms. The summed E-state index contributed by atoms with van der Waals surface area (Å²) in [5, 5.41) is 11.2. The lowest BCUT2D eigenvalue weighted by atomic mass is 10.3. The Morgan fingerprint density at radius 2 is 2.15 bits per heavy atom. The maximum Gasteiger partial charge on any atom is 0.244 e. The summed E-state index contributed by atoms with van der Waals surface area (Å²) in [6.07, 6.45) is 5.17. The summed E-state index contributed by atoms with van der Waals surface area (Å²) < 4.78 is 5.21. The van der Waals surface area contributed by atoms with Crippen LogP contribution in [0.15, 0.2) is 27.5 Å². The summed E-state index contributed by atoms with van der Waals surface area (Å²) in [6.45, 7) is 5.01. The normalized spacial score (nSPS) is 12.4. The summed E-state index contributed by atoms with van der Waals surface area (Å²) in [5.74, 6) is -0.0867. The molecule has 0 aliphatic heterocycles. The average Bonchev–Trinajstić information content (AvgIpc) is 3.01. The number of aromatic nitrogens is 4. The second-order valence-electron chi connectivity index (χ2n) is 4.29. The molecule has 0 aliphatic carbocycles. The number of hydrogen-bond donors (Lipinski definition) is 1. The zero-order valence-corrected chi connectivity index (χ0v) is 14.3. The van der Waals surface area contributed by atoms with Gasteiger partial charge in [0.25, 0.3) is 0 Å². The first kappa shape index (κ1) is 15.2. The van der Waals surface area contributed by atoms with Crippen molar-refractivity contribution in [3.8, 4) is 0 Å². The van der Waals surface area contributed by atoms with Gasteiger partial charge in [-0.3, -0.25) is 14.2 Å². The molecule has 0 fully saturated rings. The van der Waals surface area contributed by atoms with E-state index in [1.807, 2.05) is 11.6 Å². The van der Waals surface area contributed by atoms with E-state index in [0.717, 1.165) is 21.2 Å². The van der Waals surface area contributed by atoms with Gasteiger partial charge in [0.05, 0.1) is 33.6 Å². The van der Waals surface area contributed by atoms with Gasteiger partial charge >= 0.3 is 0 Å². The molecule has 1 N–H and O–H groups in total. The summed E-state index contributed by atoms with van der Waals surface area (Å²) >= 11 is 6.75. The summed E-state index contributed by atoms with van der Waals surface area (Å²) in [4.78, 5) is 12.1. The molecule has 20 heavy (non-hydrogen) atoms. The van der Waals surface area contributed by atoms with Gasteiger partial charge in [-0.2, -0.15) is 10.2 Å². The molecule has 2 aromatic rings. The smallest absolute Gasteiger partial charge is 0.244 e. The zero-order chi connectivity index (χ0) is 14.7. The molecule has 2 heterocycles. The van der Waals surface area contributed by atoms with Crippen LogP contribution in [0.5, 0.6) is 0 Å². The Morgan fingerprint density at radius 3 is 2.75 bits per heavy atom. The van der Waals surface area contributed by atoms with E-state index in [9.17, 15) is 4.79 Å². The predicted octanol–water partition coefficient (Wildman–Crippen LogP) is 2.50. The summed E-state index contributed by atoms with van der Waals surface area (Å²) in [6, 6.07) is -0.363. The van der Waals surface area contributed by atoms with Gasteiger partial charge in [0.1, 0.15) is 6.04 Å². The van der Waals surface area contributed by atoms with E-state index in [-0.39, 0.29) is 11.9 Å². The number of rotatable bonds is 5. The van der Waals surface area contributed by atoms with Gasteiger partial charge in [0.2, 0.25) is 5.91 Å². The maximum atomic E-state index is 12.1. The maximum absolute atomic E-state index is 12.1. The third-order valence-corrected chi connectivity index (χ3v) is 4.05. The van der Waals surface area contributed by atoms with Gasteiger partial charge in [0.15, 0.2) is 0 Å². The number of halogens is 2. The first-order valence-corrected chi connectivity index (χ1v) is 7.79. The Balaban J connectivity index is 2.00. The van der Waals surface area contributed by atoms with Crippen LogP contribution >= 0.6 is 31.9 Å². The number of carbonyl (C=O) groups excluding carboxylic acids is 1. The van der Waals surface area contributed by atoms with Crippen molar-refractivity contribution in [1.29, 1.82) is 0 Å². The summed E-state index contributed by atoms with van der Waals surface area (Å²) in [5.41, 5.74) is 0.953. The van der Waals surface area contributed by atoms with Crippen LogP contribution in [0, 0.1) is 0 Å². The molecule has 8 heteroatoms. The molecule has 1 amide bonds. The van der Waals surface area contributed by atoms with Crippen LogP contribution in [0.2, 0.25) is 0 Å². The summed E-state index contributed by atoms with van der Waals surface area (Å²) in [7, 11) is 0. The SMILES string of the molecule is CCn1ncc(Br)c1CNC(=O)C(C)n1cc(Br)cn1. The molecule has 0 aliphatic rings. The minimum absolute atomic E-state index is 0.0867. The van der Waals surface area contributed by atoms with Crippen molar-refractivity contribution in [2.75, 3.05) is 0 Å². The molecule has 108 valence electrons. The Kier molecular flexibility index (Phi) is 4.98. The quantitative estimate of drug-likeness (QED) is 0.832. The van der Waals surface area contributed by atoms with Crippen molar-refractivity contribution in [2.24, 2.45) is 0 Å². The molecular weight excluding hydrogens is 390 g/mol. The fraction of sp³-hybridized carbons (Fsp3) is 0.417. The highest BCUT2D eigenvalue weighted by Gasteiger charge is 2.17. The van der Waals surface area contributed by atoms with Gasteiger partial charge in [-0.1, -0.05) is 0 Å². The number of amides is 1. The average molecular weight is 405 g/mol. The Hall–Kier alpha value is -1.15. The molecule has 2 rings (SSSR count). The van der Waals surface area contributed by atoms with E-state index in [0.29, 0.717) is 6.54 Å². The van der Waals surface area contributed by atoms with Gasteiger partial charge in [-0.15, -0.1) is 0 Å². The third-order valence-electron chi connectivity index (χ3n) is 2.97. The van der Waals surface area contributed by atoms with Crippen molar-refractivity contribution < 1.29 is 4.79 Å². The first-order chi connectivity index (χ1) is 9.52. The van der Waals surface area contributed by atoms with Crippen LogP contribution in [0.25, 0.3) is 0 Å². The lowest BCUT2D eigenvalue weighted by molar-refractivity contribution is -0.124. The number of nitrogens with zero attached hydrogens (tertiary/aromatic N) is 4. The molecule has 0 radical (unpaired) electrons. The van der Waals surface area contributed by atoms with Gasteiger partial charge < -0.3 is 5.32 Å². The van der Waals surface area contributed by atoms with Crippen molar-refractivity contribution >= 4 is 37.8 Å². The molecule has 0 aromatic carbocycles. The van der Waals surface area contributed by atoms with E-state index < -0.39 is 0 Å². The number of nitrogens with one attached hydrogen (secondary N) is 1. The van der Waals surface area contributed by atoms with Crippen molar-refractivity contribution in [3.05, 3.63) is 33.2 Å². The van der Waals surface area contributed by atoms with E-state index in [1.165, 1.54) is 0 Å². The predicted molar refractivity (Wildman–Crippen MR) is 82.1 cm³/mol. The Morgan fingerprint density at radius 1 is 1.40 bits per heavy atom. The Labute approximate surface area is 133 Å². The van der Waals surface area contributed by atoms with Gasteiger partial charge in [-0.05, 0) is 45.7 Å². The van der Waals surface area contributed by atoms with E-state index >= 15 is 0 Å². The molecular formula is C12H15Br2N5O. The minimum Gasteiger partial charge on any atom is -0.349 e. The van der Waals surface area contributed by atoms with Crippen LogP contribution in [-0.4, -0.2) is 25.5 Å². The van der Waals surface area contributed by atoms with Crippen LogP contribution in [-0.2, 0) is 17.9 Å². The molecule has 0 saturated carbocycles. The van der Waals surface area contributed by atoms with Gasteiger partial charge in [-0.25, -0.2) is 0 Å².